The molecule has 192 valence electrons. The summed E-state index contributed by atoms with van der Waals surface area (Å²) < 4.78 is 118. The molecule has 0 aromatic carbocycles. The lowest BCUT2D eigenvalue weighted by molar-refractivity contribution is -0.141. The maximum atomic E-state index is 13.2. The van der Waals surface area contributed by atoms with Crippen molar-refractivity contribution in [2.75, 3.05) is 5.32 Å². The van der Waals surface area contributed by atoms with Gasteiger partial charge < -0.3 is 5.32 Å². The van der Waals surface area contributed by atoms with Gasteiger partial charge in [-0.15, -0.1) is 0 Å². The van der Waals surface area contributed by atoms with E-state index in [2.05, 4.69) is 35.2 Å². The predicted octanol–water partition coefficient (Wildman–Crippen LogP) is 6.19. The van der Waals surface area contributed by atoms with E-state index in [4.69, 9.17) is 0 Å². The fraction of sp³-hybridized carbons (Fsp3) is 0.143. The van der Waals surface area contributed by atoms with Crippen LogP contribution >= 0.6 is 0 Å². The second-order valence-corrected chi connectivity index (χ2v) is 7.19. The molecule has 4 rings (SSSR count). The van der Waals surface area contributed by atoms with E-state index in [-0.39, 0.29) is 5.69 Å². The lowest BCUT2D eigenvalue weighted by atomic mass is 10.2. The SMILES string of the molecule is FC(F)(F)c1ccnc(-c2nc(Nc3ccnc(C(F)(F)F)c3)nc(-c3cccc(C(F)(F)F)n3)n2)c1. The van der Waals surface area contributed by atoms with E-state index >= 15 is 0 Å². The minimum atomic E-state index is -4.83. The number of nitrogens with one attached hydrogen (secondary N) is 1. The van der Waals surface area contributed by atoms with Crippen LogP contribution in [0.2, 0.25) is 0 Å². The first-order valence-corrected chi connectivity index (χ1v) is 9.85. The topological polar surface area (TPSA) is 89.4 Å². The van der Waals surface area contributed by atoms with Gasteiger partial charge in [0.2, 0.25) is 5.95 Å². The summed E-state index contributed by atoms with van der Waals surface area (Å²) in [6.07, 6.45) is -12.7. The number of rotatable bonds is 4. The summed E-state index contributed by atoms with van der Waals surface area (Å²) >= 11 is 0. The number of hydrogen-bond donors (Lipinski definition) is 1. The maximum absolute atomic E-state index is 13.2. The molecule has 7 nitrogen and oxygen atoms in total. The second-order valence-electron chi connectivity index (χ2n) is 7.19. The average Bonchev–Trinajstić information content (AvgIpc) is 2.83. The standard InChI is InChI=1S/C21H10F9N7/c22-19(23,24)10-4-6-31-13(8-10)17-35-16(12-2-1-3-14(34-12)20(25,26)27)36-18(37-17)33-11-5-7-32-15(9-11)21(28,29)30/h1-9H,(H,32,33,35,36,37). The predicted molar refractivity (Wildman–Crippen MR) is 109 cm³/mol. The first kappa shape index (κ1) is 25.7. The van der Waals surface area contributed by atoms with E-state index < -0.39 is 64.5 Å². The molecule has 4 aromatic heterocycles. The summed E-state index contributed by atoms with van der Waals surface area (Å²) in [5.74, 6) is -1.52. The number of hydrogen-bond acceptors (Lipinski definition) is 7. The number of alkyl halides is 9. The Balaban J connectivity index is 1.85. The molecule has 37 heavy (non-hydrogen) atoms. The Hall–Kier alpha value is -4.37. The normalized spacial score (nSPS) is 12.5. The van der Waals surface area contributed by atoms with Crippen LogP contribution in [0.15, 0.2) is 54.9 Å². The van der Waals surface area contributed by atoms with E-state index in [1.54, 1.807) is 0 Å². The number of aromatic nitrogens is 6. The Morgan fingerprint density at radius 2 is 1.22 bits per heavy atom. The zero-order valence-corrected chi connectivity index (χ0v) is 17.8. The van der Waals surface area contributed by atoms with Crippen LogP contribution in [-0.4, -0.2) is 29.9 Å². The highest BCUT2D eigenvalue weighted by atomic mass is 19.4. The van der Waals surface area contributed by atoms with Crippen molar-refractivity contribution < 1.29 is 39.5 Å². The van der Waals surface area contributed by atoms with Crippen molar-refractivity contribution in [1.82, 2.24) is 29.9 Å². The van der Waals surface area contributed by atoms with E-state index in [9.17, 15) is 39.5 Å². The molecule has 0 unspecified atom stereocenters. The molecule has 0 saturated heterocycles. The molecule has 0 bridgehead atoms. The molecule has 0 saturated carbocycles. The number of nitrogens with zero attached hydrogens (tertiary/aromatic N) is 6. The molecule has 16 heteroatoms. The van der Waals surface area contributed by atoms with Crippen molar-refractivity contribution in [2.45, 2.75) is 18.5 Å². The highest BCUT2D eigenvalue weighted by molar-refractivity contribution is 5.62. The summed E-state index contributed by atoms with van der Waals surface area (Å²) in [6.45, 7) is 0. The van der Waals surface area contributed by atoms with Gasteiger partial charge in [-0.05, 0) is 36.4 Å². The van der Waals surface area contributed by atoms with Gasteiger partial charge in [0.05, 0.1) is 5.56 Å². The van der Waals surface area contributed by atoms with E-state index in [0.717, 1.165) is 30.6 Å². The molecule has 4 heterocycles. The number of pyridine rings is 3. The lowest BCUT2D eigenvalue weighted by Crippen LogP contribution is -2.11. The van der Waals surface area contributed by atoms with Crippen molar-refractivity contribution >= 4 is 11.6 Å². The third kappa shape index (κ3) is 6.07. The molecule has 0 radical (unpaired) electrons. The molecule has 0 amide bonds. The third-order valence-corrected chi connectivity index (χ3v) is 4.53. The summed E-state index contributed by atoms with van der Waals surface area (Å²) in [4.78, 5) is 22.1. The molecule has 0 spiro atoms. The lowest BCUT2D eigenvalue weighted by Gasteiger charge is -2.12. The average molecular weight is 531 g/mol. The van der Waals surface area contributed by atoms with Gasteiger partial charge >= 0.3 is 18.5 Å². The van der Waals surface area contributed by atoms with Crippen LogP contribution in [0.25, 0.3) is 23.0 Å². The van der Waals surface area contributed by atoms with E-state index in [0.29, 0.717) is 24.3 Å². The number of anilines is 2. The Kier molecular flexibility index (Phi) is 6.43. The number of halogens is 9. The fourth-order valence-corrected chi connectivity index (χ4v) is 2.90. The summed E-state index contributed by atoms with van der Waals surface area (Å²) in [5, 5.41) is 2.42. The fourth-order valence-electron chi connectivity index (χ4n) is 2.90. The van der Waals surface area contributed by atoms with Crippen LogP contribution < -0.4 is 5.32 Å². The van der Waals surface area contributed by atoms with Gasteiger partial charge in [-0.25, -0.2) is 9.97 Å². The third-order valence-electron chi connectivity index (χ3n) is 4.53. The summed E-state index contributed by atoms with van der Waals surface area (Å²) in [6, 6.07) is 5.77. The highest BCUT2D eigenvalue weighted by Gasteiger charge is 2.34. The monoisotopic (exact) mass is 531 g/mol. The quantitative estimate of drug-likeness (QED) is 0.314. The molecule has 4 aromatic rings. The van der Waals surface area contributed by atoms with Crippen molar-refractivity contribution in [3.8, 4) is 23.0 Å². The minimum absolute atomic E-state index is 0.223. The van der Waals surface area contributed by atoms with Crippen molar-refractivity contribution in [3.05, 3.63) is 71.8 Å². The van der Waals surface area contributed by atoms with Crippen LogP contribution in [0.3, 0.4) is 0 Å². The van der Waals surface area contributed by atoms with Crippen molar-refractivity contribution in [1.29, 1.82) is 0 Å². The van der Waals surface area contributed by atoms with Gasteiger partial charge in [0.25, 0.3) is 0 Å². The van der Waals surface area contributed by atoms with Gasteiger partial charge in [-0.3, -0.25) is 9.97 Å². The molecule has 1 N–H and O–H groups in total. The first-order chi connectivity index (χ1) is 17.2. The second kappa shape index (κ2) is 9.25. The van der Waals surface area contributed by atoms with Crippen LogP contribution in [0.1, 0.15) is 17.0 Å². The van der Waals surface area contributed by atoms with Gasteiger partial charge in [0.15, 0.2) is 11.6 Å². The van der Waals surface area contributed by atoms with Gasteiger partial charge in [0.1, 0.15) is 22.8 Å². The zero-order chi connectivity index (χ0) is 27.0. The van der Waals surface area contributed by atoms with Crippen LogP contribution in [0, 0.1) is 0 Å². The van der Waals surface area contributed by atoms with E-state index in [1.807, 2.05) is 0 Å². The molecule has 0 aliphatic carbocycles. The zero-order valence-electron chi connectivity index (χ0n) is 17.8. The smallest absolute Gasteiger partial charge is 0.324 e. The van der Waals surface area contributed by atoms with Crippen molar-refractivity contribution in [3.63, 3.8) is 0 Å². The molecular weight excluding hydrogens is 521 g/mol. The van der Waals surface area contributed by atoms with Gasteiger partial charge in [-0.2, -0.15) is 49.5 Å². The van der Waals surface area contributed by atoms with Crippen LogP contribution in [-0.2, 0) is 18.5 Å². The molecule has 0 aliphatic heterocycles. The van der Waals surface area contributed by atoms with Crippen LogP contribution in [0.5, 0.6) is 0 Å². The Bertz CT molecular complexity index is 1360. The molecule has 0 fully saturated rings. The largest absolute Gasteiger partial charge is 0.433 e. The van der Waals surface area contributed by atoms with E-state index in [1.165, 1.54) is 0 Å². The molecular formula is C21H10F9N7. The Labute approximate surface area is 200 Å². The van der Waals surface area contributed by atoms with Gasteiger partial charge in [-0.1, -0.05) is 6.07 Å². The maximum Gasteiger partial charge on any atom is 0.433 e. The molecule has 0 atom stereocenters. The summed E-state index contributed by atoms with van der Waals surface area (Å²) in [7, 11) is 0. The first-order valence-electron chi connectivity index (χ1n) is 9.85. The summed E-state index contributed by atoms with van der Waals surface area (Å²) in [5.41, 5.74) is -4.78. The Morgan fingerprint density at radius 1 is 0.568 bits per heavy atom. The molecule has 0 aliphatic rings. The minimum Gasteiger partial charge on any atom is -0.324 e. The van der Waals surface area contributed by atoms with Crippen LogP contribution in [0.4, 0.5) is 51.1 Å². The van der Waals surface area contributed by atoms with Gasteiger partial charge in [0, 0.05) is 18.1 Å². The Morgan fingerprint density at radius 3 is 1.86 bits per heavy atom. The highest BCUT2D eigenvalue weighted by Crippen LogP contribution is 2.33. The van der Waals surface area contributed by atoms with Crippen molar-refractivity contribution in [2.24, 2.45) is 0 Å².